The summed E-state index contributed by atoms with van der Waals surface area (Å²) in [6, 6.07) is 17.9. The average molecular weight is 611 g/mol. The molecule has 0 aliphatic rings. The predicted octanol–water partition coefficient (Wildman–Crippen LogP) is 6.18. The van der Waals surface area contributed by atoms with Crippen molar-refractivity contribution in [3.63, 3.8) is 0 Å². The van der Waals surface area contributed by atoms with E-state index in [0.717, 1.165) is 17.1 Å². The maximum absolute atomic E-state index is 13.9. The van der Waals surface area contributed by atoms with Crippen LogP contribution in [-0.4, -0.2) is 44.3 Å². The van der Waals surface area contributed by atoms with Gasteiger partial charge in [-0.3, -0.25) is 13.9 Å². The molecule has 1 N–H and O–H groups in total. The molecule has 3 aromatic rings. The van der Waals surface area contributed by atoms with E-state index in [4.69, 9.17) is 34.8 Å². The van der Waals surface area contributed by atoms with Crippen LogP contribution in [0.4, 0.5) is 5.69 Å². The Kier molecular flexibility index (Phi) is 11.1. The van der Waals surface area contributed by atoms with Gasteiger partial charge in [-0.15, -0.1) is 0 Å². The summed E-state index contributed by atoms with van der Waals surface area (Å²) in [5, 5.41) is 4.01. The molecular weight excluding hydrogens is 581 g/mol. The molecule has 0 saturated heterocycles. The number of amides is 2. The summed E-state index contributed by atoms with van der Waals surface area (Å²) in [5.74, 6) is -0.945. The number of nitrogens with one attached hydrogen (secondary N) is 1. The number of carbonyl (C=O) groups is 2. The number of benzene rings is 3. The second kappa shape index (κ2) is 14.0. The van der Waals surface area contributed by atoms with Crippen molar-refractivity contribution in [2.24, 2.45) is 0 Å². The number of halogens is 3. The summed E-state index contributed by atoms with van der Waals surface area (Å²) in [6.45, 7) is 3.48. The van der Waals surface area contributed by atoms with Gasteiger partial charge >= 0.3 is 0 Å². The second-order valence-electron chi connectivity index (χ2n) is 8.88. The van der Waals surface area contributed by atoms with Gasteiger partial charge in [0.2, 0.25) is 11.8 Å². The Morgan fingerprint density at radius 2 is 1.56 bits per heavy atom. The van der Waals surface area contributed by atoms with Crippen LogP contribution < -0.4 is 9.62 Å². The molecule has 2 amide bonds. The van der Waals surface area contributed by atoms with Crippen molar-refractivity contribution >= 4 is 62.3 Å². The molecule has 0 radical (unpaired) electrons. The number of carbonyl (C=O) groups excluding carboxylic acids is 2. The third-order valence-corrected chi connectivity index (χ3v) is 8.70. The van der Waals surface area contributed by atoms with E-state index in [2.05, 4.69) is 5.32 Å². The van der Waals surface area contributed by atoms with E-state index in [9.17, 15) is 18.0 Å². The smallest absolute Gasteiger partial charge is 0.264 e. The van der Waals surface area contributed by atoms with Gasteiger partial charge in [0, 0.05) is 28.2 Å². The lowest BCUT2D eigenvalue weighted by Crippen LogP contribution is -2.51. The van der Waals surface area contributed by atoms with E-state index in [1.54, 1.807) is 55.5 Å². The van der Waals surface area contributed by atoms with E-state index < -0.39 is 28.5 Å². The van der Waals surface area contributed by atoms with Crippen molar-refractivity contribution in [3.8, 4) is 0 Å². The molecule has 0 aliphatic carbocycles. The lowest BCUT2D eigenvalue weighted by atomic mass is 10.1. The first-order valence-electron chi connectivity index (χ1n) is 12.4. The molecule has 3 rings (SSSR count). The van der Waals surface area contributed by atoms with Gasteiger partial charge in [-0.05, 0) is 67.4 Å². The number of hydrogen-bond acceptors (Lipinski definition) is 4. The van der Waals surface area contributed by atoms with Crippen LogP contribution in [0.5, 0.6) is 0 Å². The van der Waals surface area contributed by atoms with Crippen LogP contribution >= 0.6 is 34.8 Å². The molecule has 3 aromatic carbocycles. The Morgan fingerprint density at radius 3 is 2.18 bits per heavy atom. The van der Waals surface area contributed by atoms with Crippen LogP contribution in [0, 0.1) is 0 Å². The van der Waals surface area contributed by atoms with E-state index in [1.165, 1.54) is 29.2 Å². The molecule has 39 heavy (non-hydrogen) atoms. The highest BCUT2D eigenvalue weighted by Crippen LogP contribution is 2.27. The van der Waals surface area contributed by atoms with Gasteiger partial charge in [-0.2, -0.15) is 0 Å². The van der Waals surface area contributed by atoms with Crippen molar-refractivity contribution < 1.29 is 18.0 Å². The van der Waals surface area contributed by atoms with E-state index in [-0.39, 0.29) is 23.0 Å². The Balaban J connectivity index is 2.00. The van der Waals surface area contributed by atoms with Crippen molar-refractivity contribution in [1.29, 1.82) is 0 Å². The Hall–Kier alpha value is -2.78. The van der Waals surface area contributed by atoms with Gasteiger partial charge in [0.15, 0.2) is 0 Å². The first-order valence-corrected chi connectivity index (χ1v) is 15.0. The average Bonchev–Trinajstić information content (AvgIpc) is 2.92. The standard InChI is InChI=1S/C28H30Cl3N3O4S/c1-3-4-16-32-28(36)20(2)33(18-21-10-11-23(30)17-26(21)31)27(35)19-34(24-14-12-22(29)13-15-24)39(37,38)25-8-6-5-7-9-25/h5-15,17,20H,3-4,16,18-19H2,1-2H3,(H,32,36)/t20-/m0/s1. The molecule has 0 fully saturated rings. The largest absolute Gasteiger partial charge is 0.354 e. The number of nitrogens with zero attached hydrogens (tertiary/aromatic N) is 2. The fraction of sp³-hybridized carbons (Fsp3) is 0.286. The molecule has 11 heteroatoms. The first-order chi connectivity index (χ1) is 18.5. The number of anilines is 1. The minimum Gasteiger partial charge on any atom is -0.354 e. The van der Waals surface area contributed by atoms with Gasteiger partial charge in [0.1, 0.15) is 12.6 Å². The lowest BCUT2D eigenvalue weighted by molar-refractivity contribution is -0.139. The second-order valence-corrected chi connectivity index (χ2v) is 12.0. The van der Waals surface area contributed by atoms with Crippen molar-refractivity contribution in [1.82, 2.24) is 10.2 Å². The van der Waals surface area contributed by atoms with Crippen LogP contribution in [0.1, 0.15) is 32.3 Å². The van der Waals surface area contributed by atoms with Gasteiger partial charge in [-0.25, -0.2) is 8.42 Å². The summed E-state index contributed by atoms with van der Waals surface area (Å²) < 4.78 is 28.4. The zero-order chi connectivity index (χ0) is 28.6. The van der Waals surface area contributed by atoms with Crippen molar-refractivity contribution in [2.45, 2.75) is 44.2 Å². The monoisotopic (exact) mass is 609 g/mol. The number of sulfonamides is 1. The zero-order valence-corrected chi connectivity index (χ0v) is 24.7. The third kappa shape index (κ3) is 8.11. The quantitative estimate of drug-likeness (QED) is 0.248. The van der Waals surface area contributed by atoms with Gasteiger partial charge < -0.3 is 10.2 Å². The lowest BCUT2D eigenvalue weighted by Gasteiger charge is -2.32. The molecule has 0 heterocycles. The van der Waals surface area contributed by atoms with E-state index in [1.807, 2.05) is 6.92 Å². The first kappa shape index (κ1) is 30.8. The highest BCUT2D eigenvalue weighted by Gasteiger charge is 2.32. The molecule has 0 aliphatic heterocycles. The highest BCUT2D eigenvalue weighted by molar-refractivity contribution is 7.92. The highest BCUT2D eigenvalue weighted by atomic mass is 35.5. The molecule has 0 spiro atoms. The zero-order valence-electron chi connectivity index (χ0n) is 21.6. The third-order valence-electron chi connectivity index (χ3n) is 6.08. The molecule has 1 atom stereocenters. The van der Waals surface area contributed by atoms with Gasteiger partial charge in [0.25, 0.3) is 10.0 Å². The van der Waals surface area contributed by atoms with E-state index in [0.29, 0.717) is 27.2 Å². The van der Waals surface area contributed by atoms with Gasteiger partial charge in [-0.1, -0.05) is 72.4 Å². The molecule has 7 nitrogen and oxygen atoms in total. The number of unbranched alkanes of at least 4 members (excludes halogenated alkanes) is 1. The van der Waals surface area contributed by atoms with Crippen LogP contribution in [0.3, 0.4) is 0 Å². The van der Waals surface area contributed by atoms with Crippen molar-refractivity contribution in [2.75, 3.05) is 17.4 Å². The molecular formula is C28H30Cl3N3O4S. The number of rotatable bonds is 12. The Morgan fingerprint density at radius 1 is 0.923 bits per heavy atom. The number of hydrogen-bond donors (Lipinski definition) is 1. The maximum atomic E-state index is 13.9. The van der Waals surface area contributed by atoms with Crippen LogP contribution in [-0.2, 0) is 26.2 Å². The fourth-order valence-corrected chi connectivity index (χ4v) is 5.84. The summed E-state index contributed by atoms with van der Waals surface area (Å²) in [4.78, 5) is 28.2. The van der Waals surface area contributed by atoms with Crippen LogP contribution in [0.2, 0.25) is 15.1 Å². The topological polar surface area (TPSA) is 86.8 Å². The maximum Gasteiger partial charge on any atom is 0.264 e. The molecule has 0 unspecified atom stereocenters. The summed E-state index contributed by atoms with van der Waals surface area (Å²) in [7, 11) is -4.15. The van der Waals surface area contributed by atoms with Crippen LogP contribution in [0.15, 0.2) is 77.7 Å². The van der Waals surface area contributed by atoms with Crippen molar-refractivity contribution in [3.05, 3.63) is 93.4 Å². The SMILES string of the molecule is CCCCNC(=O)[C@H](C)N(Cc1ccc(Cl)cc1Cl)C(=O)CN(c1ccc(Cl)cc1)S(=O)(=O)c1ccccc1. The minimum atomic E-state index is -4.15. The Bertz CT molecular complexity index is 1390. The Labute approximate surface area is 244 Å². The van der Waals surface area contributed by atoms with Crippen LogP contribution in [0.25, 0.3) is 0 Å². The summed E-state index contributed by atoms with van der Waals surface area (Å²) in [5.41, 5.74) is 0.813. The summed E-state index contributed by atoms with van der Waals surface area (Å²) >= 11 is 18.5. The molecule has 208 valence electrons. The molecule has 0 aromatic heterocycles. The molecule has 0 saturated carbocycles. The summed E-state index contributed by atoms with van der Waals surface area (Å²) in [6.07, 6.45) is 1.68. The van der Waals surface area contributed by atoms with Gasteiger partial charge in [0.05, 0.1) is 10.6 Å². The fourth-order valence-electron chi connectivity index (χ4n) is 3.81. The normalized spacial score (nSPS) is 12.0. The predicted molar refractivity (Wildman–Crippen MR) is 157 cm³/mol. The molecule has 0 bridgehead atoms. The van der Waals surface area contributed by atoms with E-state index >= 15 is 0 Å². The minimum absolute atomic E-state index is 0.0189.